The van der Waals surface area contributed by atoms with Crippen LogP contribution in [0.2, 0.25) is 0 Å². The molecule has 1 N–H and O–H groups in total. The molecule has 3 heterocycles. The van der Waals surface area contributed by atoms with E-state index in [9.17, 15) is 17.2 Å². The van der Waals surface area contributed by atoms with Crippen molar-refractivity contribution in [2.75, 3.05) is 45.0 Å². The maximum absolute atomic E-state index is 13.8. The second-order valence-electron chi connectivity index (χ2n) is 6.82. The van der Waals surface area contributed by atoms with Crippen molar-refractivity contribution in [2.24, 2.45) is 5.92 Å². The Morgan fingerprint density at radius 3 is 2.45 bits per heavy atom. The first-order valence-corrected chi connectivity index (χ1v) is 9.82. The summed E-state index contributed by atoms with van der Waals surface area (Å²) in [6, 6.07) is 0.171. The number of fused-ring (bicyclic) bond motifs is 3. The summed E-state index contributed by atoms with van der Waals surface area (Å²) in [6.45, 7) is 5.20. The van der Waals surface area contributed by atoms with Crippen LogP contribution in [0, 0.1) is 5.92 Å². The molecule has 0 aromatic rings. The van der Waals surface area contributed by atoms with Crippen LogP contribution < -0.4 is 4.72 Å². The number of halogens is 2. The van der Waals surface area contributed by atoms with E-state index >= 15 is 0 Å². The lowest BCUT2D eigenvalue weighted by Crippen LogP contribution is -2.63. The maximum Gasteiger partial charge on any atom is 0.251 e. The molecule has 3 aliphatic heterocycles. The molecule has 2 unspecified atom stereocenters. The normalized spacial score (nSPS) is 38.1. The molecule has 8 heteroatoms. The van der Waals surface area contributed by atoms with Gasteiger partial charge in [0.15, 0.2) is 0 Å². The van der Waals surface area contributed by atoms with Gasteiger partial charge >= 0.3 is 0 Å². The van der Waals surface area contributed by atoms with Crippen LogP contribution in [0.1, 0.15) is 25.7 Å². The number of piperazine rings is 3. The van der Waals surface area contributed by atoms with Crippen molar-refractivity contribution < 1.29 is 17.2 Å². The van der Waals surface area contributed by atoms with Gasteiger partial charge in [0.25, 0.3) is 5.92 Å². The number of alkyl halides is 2. The van der Waals surface area contributed by atoms with Crippen LogP contribution in [0.3, 0.4) is 0 Å². The highest BCUT2D eigenvalue weighted by atomic mass is 32.2. The number of nitrogens with zero attached hydrogens (tertiary/aromatic N) is 2. The highest BCUT2D eigenvalue weighted by Crippen LogP contribution is 2.38. The van der Waals surface area contributed by atoms with E-state index in [1.165, 1.54) is 0 Å². The SMILES string of the molecule is O=S(=O)(CC1CCCCC1(F)F)NCC1CN2CCN1CC2. The van der Waals surface area contributed by atoms with Crippen LogP contribution >= 0.6 is 0 Å². The molecular formula is C14H25F2N3O2S. The minimum atomic E-state index is -3.64. The lowest BCUT2D eigenvalue weighted by Gasteiger charge is -2.47. The van der Waals surface area contributed by atoms with Gasteiger partial charge in [0, 0.05) is 57.6 Å². The van der Waals surface area contributed by atoms with E-state index in [-0.39, 0.29) is 12.5 Å². The summed E-state index contributed by atoms with van der Waals surface area (Å²) >= 11 is 0. The van der Waals surface area contributed by atoms with Gasteiger partial charge in [-0.3, -0.25) is 9.80 Å². The predicted molar refractivity (Wildman–Crippen MR) is 80.5 cm³/mol. The summed E-state index contributed by atoms with van der Waals surface area (Å²) in [4.78, 5) is 4.62. The molecule has 4 rings (SSSR count). The molecule has 4 aliphatic rings. The summed E-state index contributed by atoms with van der Waals surface area (Å²) in [7, 11) is -3.64. The van der Waals surface area contributed by atoms with Crippen LogP contribution in [0.5, 0.6) is 0 Å². The zero-order chi connectivity index (χ0) is 15.8. The van der Waals surface area contributed by atoms with Crippen molar-refractivity contribution >= 4 is 10.0 Å². The van der Waals surface area contributed by atoms with Crippen molar-refractivity contribution in [2.45, 2.75) is 37.6 Å². The summed E-state index contributed by atoms with van der Waals surface area (Å²) < 4.78 is 54.5. The fourth-order valence-corrected chi connectivity index (χ4v) is 5.34. The third-order valence-corrected chi connectivity index (χ3v) is 6.71. The Hall–Kier alpha value is -0.310. The first-order chi connectivity index (χ1) is 10.4. The molecule has 0 aromatic heterocycles. The molecule has 4 fully saturated rings. The van der Waals surface area contributed by atoms with E-state index in [2.05, 4.69) is 14.5 Å². The number of hydrogen-bond acceptors (Lipinski definition) is 4. The van der Waals surface area contributed by atoms with Crippen molar-refractivity contribution in [1.82, 2.24) is 14.5 Å². The first-order valence-electron chi connectivity index (χ1n) is 8.17. The van der Waals surface area contributed by atoms with Crippen molar-refractivity contribution in [3.8, 4) is 0 Å². The summed E-state index contributed by atoms with van der Waals surface area (Å²) in [5, 5.41) is 0. The second kappa shape index (κ2) is 6.30. The van der Waals surface area contributed by atoms with Gasteiger partial charge in [0.1, 0.15) is 0 Å². The van der Waals surface area contributed by atoms with Crippen LogP contribution in [0.4, 0.5) is 8.78 Å². The Balaban J connectivity index is 1.53. The van der Waals surface area contributed by atoms with Crippen LogP contribution in [-0.2, 0) is 10.0 Å². The van der Waals surface area contributed by atoms with Gasteiger partial charge in [0.05, 0.1) is 5.75 Å². The third kappa shape index (κ3) is 3.77. The van der Waals surface area contributed by atoms with Crippen LogP contribution in [-0.4, -0.2) is 75.2 Å². The first kappa shape index (κ1) is 16.5. The molecule has 0 spiro atoms. The molecule has 128 valence electrons. The molecule has 0 aromatic carbocycles. The molecular weight excluding hydrogens is 312 g/mol. The maximum atomic E-state index is 13.8. The summed E-state index contributed by atoms with van der Waals surface area (Å²) in [5.74, 6) is -4.33. The average molecular weight is 337 g/mol. The average Bonchev–Trinajstić information content (AvgIpc) is 2.49. The highest BCUT2D eigenvalue weighted by molar-refractivity contribution is 7.89. The van der Waals surface area contributed by atoms with Gasteiger partial charge in [0.2, 0.25) is 10.0 Å². The minimum absolute atomic E-state index is 0.171. The smallest absolute Gasteiger partial charge is 0.251 e. The van der Waals surface area contributed by atoms with E-state index in [1.807, 2.05) is 0 Å². The van der Waals surface area contributed by atoms with E-state index in [1.54, 1.807) is 0 Å². The Labute approximate surface area is 131 Å². The van der Waals surface area contributed by atoms with E-state index in [0.717, 1.165) is 32.7 Å². The van der Waals surface area contributed by atoms with Crippen LogP contribution in [0.15, 0.2) is 0 Å². The lowest BCUT2D eigenvalue weighted by molar-refractivity contribution is -0.0771. The molecule has 1 saturated carbocycles. The summed E-state index contributed by atoms with van der Waals surface area (Å²) in [6.07, 6.45) is 1.31. The minimum Gasteiger partial charge on any atom is -0.299 e. The predicted octanol–water partition coefficient (Wildman–Crippen LogP) is 0.731. The second-order valence-corrected chi connectivity index (χ2v) is 8.68. The molecule has 2 bridgehead atoms. The molecule has 3 saturated heterocycles. The molecule has 2 atom stereocenters. The largest absolute Gasteiger partial charge is 0.299 e. The fraction of sp³-hybridized carbons (Fsp3) is 1.00. The topological polar surface area (TPSA) is 52.7 Å². The monoisotopic (exact) mass is 337 g/mol. The van der Waals surface area contributed by atoms with Gasteiger partial charge < -0.3 is 0 Å². The Morgan fingerprint density at radius 2 is 1.86 bits per heavy atom. The number of sulfonamides is 1. The number of nitrogens with one attached hydrogen (secondary N) is 1. The van der Waals surface area contributed by atoms with Crippen molar-refractivity contribution in [1.29, 1.82) is 0 Å². The van der Waals surface area contributed by atoms with Gasteiger partial charge in [-0.2, -0.15) is 0 Å². The molecule has 1 aliphatic carbocycles. The molecule has 0 amide bonds. The molecule has 22 heavy (non-hydrogen) atoms. The number of hydrogen-bond donors (Lipinski definition) is 1. The van der Waals surface area contributed by atoms with Crippen LogP contribution in [0.25, 0.3) is 0 Å². The van der Waals surface area contributed by atoms with E-state index < -0.39 is 27.6 Å². The van der Waals surface area contributed by atoms with E-state index in [0.29, 0.717) is 25.8 Å². The van der Waals surface area contributed by atoms with Gasteiger partial charge in [-0.25, -0.2) is 21.9 Å². The van der Waals surface area contributed by atoms with Gasteiger partial charge in [-0.05, 0) is 12.8 Å². The standard InChI is InChI=1S/C14H25F2N3O2S/c15-14(16)4-2-1-3-12(14)11-22(20,21)17-9-13-10-18-5-7-19(13)8-6-18/h12-13,17H,1-11H2. The zero-order valence-electron chi connectivity index (χ0n) is 12.8. The zero-order valence-corrected chi connectivity index (χ0v) is 13.6. The molecule has 0 radical (unpaired) electrons. The van der Waals surface area contributed by atoms with Gasteiger partial charge in [-0.15, -0.1) is 0 Å². The highest BCUT2D eigenvalue weighted by Gasteiger charge is 2.43. The summed E-state index contributed by atoms with van der Waals surface area (Å²) in [5.41, 5.74) is 0. The van der Waals surface area contributed by atoms with E-state index in [4.69, 9.17) is 0 Å². The Morgan fingerprint density at radius 1 is 1.14 bits per heavy atom. The molecule has 5 nitrogen and oxygen atoms in total. The Bertz CT molecular complexity index is 492. The quantitative estimate of drug-likeness (QED) is 0.804. The van der Waals surface area contributed by atoms with Gasteiger partial charge in [-0.1, -0.05) is 6.42 Å². The number of rotatable bonds is 5. The van der Waals surface area contributed by atoms with Crippen molar-refractivity contribution in [3.05, 3.63) is 0 Å². The fourth-order valence-electron chi connectivity index (χ4n) is 3.84. The lowest BCUT2D eigenvalue weighted by atomic mass is 9.87. The third-order valence-electron chi connectivity index (χ3n) is 5.26. The van der Waals surface area contributed by atoms with Crippen molar-refractivity contribution in [3.63, 3.8) is 0 Å². The Kier molecular flexibility index (Phi) is 4.74.